The highest BCUT2D eigenvalue weighted by atomic mass is 16.3. The Morgan fingerprint density at radius 1 is 1.30 bits per heavy atom. The Bertz CT molecular complexity index is 573. The lowest BCUT2D eigenvalue weighted by Gasteiger charge is -2.21. The van der Waals surface area contributed by atoms with E-state index in [0.29, 0.717) is 32.6 Å². The number of aliphatic hydroxyl groups is 1. The van der Waals surface area contributed by atoms with Crippen LogP contribution in [0.25, 0.3) is 0 Å². The second kappa shape index (κ2) is 6.71. The first-order valence-electron chi connectivity index (χ1n) is 8.33. The second-order valence-electron chi connectivity index (χ2n) is 6.73. The van der Waals surface area contributed by atoms with Gasteiger partial charge in [-0.2, -0.15) is 0 Å². The van der Waals surface area contributed by atoms with E-state index in [1.807, 2.05) is 35.2 Å². The molecule has 3 rings (SSSR count). The molecule has 0 bridgehead atoms. The monoisotopic (exact) mass is 316 g/mol. The summed E-state index contributed by atoms with van der Waals surface area (Å²) in [5.74, 6) is 0.0472. The van der Waals surface area contributed by atoms with Gasteiger partial charge in [-0.15, -0.1) is 0 Å². The summed E-state index contributed by atoms with van der Waals surface area (Å²) in [4.78, 5) is 28.4. The fourth-order valence-electron chi connectivity index (χ4n) is 3.53. The first-order chi connectivity index (χ1) is 11.0. The van der Waals surface area contributed by atoms with Crippen molar-refractivity contribution in [3.8, 4) is 0 Å². The predicted molar refractivity (Wildman–Crippen MR) is 86.3 cm³/mol. The molecule has 2 aliphatic rings. The highest BCUT2D eigenvalue weighted by Gasteiger charge is 2.39. The lowest BCUT2D eigenvalue weighted by molar-refractivity contribution is -0.135. The molecule has 0 spiro atoms. The number of rotatable bonds is 4. The van der Waals surface area contributed by atoms with Crippen LogP contribution in [0.3, 0.4) is 0 Å². The largest absolute Gasteiger partial charge is 0.393 e. The third-order valence-electron chi connectivity index (χ3n) is 5.00. The minimum Gasteiger partial charge on any atom is -0.393 e. The minimum absolute atomic E-state index is 0.0541. The molecule has 1 aromatic rings. The summed E-state index contributed by atoms with van der Waals surface area (Å²) >= 11 is 0. The summed E-state index contributed by atoms with van der Waals surface area (Å²) < 4.78 is 0. The van der Waals surface area contributed by atoms with Crippen LogP contribution in [0.4, 0.5) is 0 Å². The van der Waals surface area contributed by atoms with Crippen LogP contribution in [-0.2, 0) is 16.1 Å². The summed E-state index contributed by atoms with van der Waals surface area (Å²) in [6.07, 6.45) is 0.770. The Morgan fingerprint density at radius 2 is 2.04 bits per heavy atom. The van der Waals surface area contributed by atoms with Crippen LogP contribution in [0.1, 0.15) is 25.3 Å². The minimum atomic E-state index is -0.382. The van der Waals surface area contributed by atoms with Gasteiger partial charge in [-0.25, -0.2) is 0 Å². The molecule has 0 radical (unpaired) electrons. The van der Waals surface area contributed by atoms with Gasteiger partial charge in [0, 0.05) is 38.5 Å². The van der Waals surface area contributed by atoms with E-state index in [1.165, 1.54) is 0 Å². The van der Waals surface area contributed by atoms with Crippen molar-refractivity contribution in [3.05, 3.63) is 35.9 Å². The Hall–Kier alpha value is -1.88. The molecule has 124 valence electrons. The van der Waals surface area contributed by atoms with Crippen molar-refractivity contribution < 1.29 is 14.7 Å². The molecule has 0 saturated carbocycles. The van der Waals surface area contributed by atoms with E-state index in [4.69, 9.17) is 0 Å². The van der Waals surface area contributed by atoms with Gasteiger partial charge in [-0.1, -0.05) is 30.3 Å². The van der Waals surface area contributed by atoms with Gasteiger partial charge in [0.2, 0.25) is 11.8 Å². The smallest absolute Gasteiger partial charge is 0.228 e. The fraction of sp³-hybridized carbons (Fsp3) is 0.556. The van der Waals surface area contributed by atoms with E-state index in [1.54, 1.807) is 11.8 Å². The molecular weight excluding hydrogens is 292 g/mol. The first-order valence-corrected chi connectivity index (χ1v) is 8.33. The Morgan fingerprint density at radius 3 is 2.70 bits per heavy atom. The van der Waals surface area contributed by atoms with Crippen molar-refractivity contribution in [3.63, 3.8) is 0 Å². The maximum atomic E-state index is 12.6. The van der Waals surface area contributed by atoms with Crippen LogP contribution >= 0.6 is 0 Å². The van der Waals surface area contributed by atoms with Crippen LogP contribution < -0.4 is 0 Å². The molecule has 2 saturated heterocycles. The number of likely N-dealkylation sites (tertiary alicyclic amines) is 2. The van der Waals surface area contributed by atoms with Crippen LogP contribution in [0.5, 0.6) is 0 Å². The van der Waals surface area contributed by atoms with Crippen LogP contribution in [0.2, 0.25) is 0 Å². The number of hydrogen-bond acceptors (Lipinski definition) is 3. The molecule has 3 unspecified atom stereocenters. The quantitative estimate of drug-likeness (QED) is 0.910. The lowest BCUT2D eigenvalue weighted by atomic mass is 10.0. The maximum absolute atomic E-state index is 12.6. The number of hydrogen-bond donors (Lipinski definition) is 1. The fourth-order valence-corrected chi connectivity index (χ4v) is 3.53. The Kier molecular flexibility index (Phi) is 4.66. The maximum Gasteiger partial charge on any atom is 0.228 e. The van der Waals surface area contributed by atoms with Gasteiger partial charge >= 0.3 is 0 Å². The number of aliphatic hydroxyl groups excluding tert-OH is 1. The molecule has 5 heteroatoms. The van der Waals surface area contributed by atoms with Crippen molar-refractivity contribution in [1.82, 2.24) is 9.80 Å². The highest BCUT2D eigenvalue weighted by Crippen LogP contribution is 2.26. The molecule has 5 nitrogen and oxygen atoms in total. The van der Waals surface area contributed by atoms with Gasteiger partial charge in [0.1, 0.15) is 0 Å². The number of nitrogens with zero attached hydrogens (tertiary/aromatic N) is 2. The van der Waals surface area contributed by atoms with Crippen molar-refractivity contribution in [2.45, 2.75) is 32.4 Å². The van der Waals surface area contributed by atoms with E-state index in [-0.39, 0.29) is 29.8 Å². The van der Waals surface area contributed by atoms with Crippen molar-refractivity contribution in [2.24, 2.45) is 11.8 Å². The normalized spacial score (nSPS) is 25.9. The highest BCUT2D eigenvalue weighted by molar-refractivity contribution is 5.89. The van der Waals surface area contributed by atoms with Gasteiger partial charge < -0.3 is 14.9 Å². The van der Waals surface area contributed by atoms with Gasteiger partial charge in [-0.05, 0) is 18.9 Å². The number of amides is 2. The van der Waals surface area contributed by atoms with Crippen molar-refractivity contribution >= 4 is 11.8 Å². The first kappa shape index (κ1) is 16.0. The molecule has 2 fully saturated rings. The molecule has 2 heterocycles. The van der Waals surface area contributed by atoms with E-state index < -0.39 is 0 Å². The molecule has 2 amide bonds. The number of carbonyl (C=O) groups is 2. The van der Waals surface area contributed by atoms with E-state index in [0.717, 1.165) is 12.0 Å². The SMILES string of the molecule is CC(O)C1CCN(C(=O)C2CC(=O)N(Cc3ccccc3)C2)C1. The summed E-state index contributed by atoms with van der Waals surface area (Å²) in [6, 6.07) is 9.86. The average Bonchev–Trinajstić information content (AvgIpc) is 3.16. The molecule has 1 aromatic carbocycles. The summed E-state index contributed by atoms with van der Waals surface area (Å²) in [5.41, 5.74) is 1.09. The predicted octanol–water partition coefficient (Wildman–Crippen LogP) is 1.26. The molecule has 0 aliphatic carbocycles. The summed E-state index contributed by atoms with van der Waals surface area (Å²) in [5, 5.41) is 9.66. The van der Waals surface area contributed by atoms with Gasteiger partial charge in [0.05, 0.1) is 12.0 Å². The molecule has 0 aromatic heterocycles. The van der Waals surface area contributed by atoms with Crippen molar-refractivity contribution in [2.75, 3.05) is 19.6 Å². The number of carbonyl (C=O) groups excluding carboxylic acids is 2. The number of benzene rings is 1. The topological polar surface area (TPSA) is 60.9 Å². The van der Waals surface area contributed by atoms with E-state index >= 15 is 0 Å². The Balaban J connectivity index is 1.58. The zero-order valence-electron chi connectivity index (χ0n) is 13.5. The third-order valence-corrected chi connectivity index (χ3v) is 5.00. The van der Waals surface area contributed by atoms with Gasteiger partial charge in [-0.3, -0.25) is 9.59 Å². The Labute approximate surface area is 136 Å². The van der Waals surface area contributed by atoms with Crippen LogP contribution in [0, 0.1) is 11.8 Å². The average molecular weight is 316 g/mol. The second-order valence-corrected chi connectivity index (χ2v) is 6.73. The zero-order chi connectivity index (χ0) is 16.4. The van der Waals surface area contributed by atoms with E-state index in [9.17, 15) is 14.7 Å². The standard InChI is InChI=1S/C18H24N2O3/c1-13(21)15-7-8-19(11-15)18(23)16-9-17(22)20(12-16)10-14-5-3-2-4-6-14/h2-6,13,15-16,21H,7-12H2,1H3. The molecular formula is C18H24N2O3. The molecule has 3 atom stereocenters. The van der Waals surface area contributed by atoms with E-state index in [2.05, 4.69) is 0 Å². The summed E-state index contributed by atoms with van der Waals surface area (Å²) in [6.45, 7) is 4.15. The lowest BCUT2D eigenvalue weighted by Crippen LogP contribution is -2.36. The van der Waals surface area contributed by atoms with Crippen molar-refractivity contribution in [1.29, 1.82) is 0 Å². The van der Waals surface area contributed by atoms with Gasteiger partial charge in [0.15, 0.2) is 0 Å². The molecule has 2 aliphatic heterocycles. The molecule has 23 heavy (non-hydrogen) atoms. The van der Waals surface area contributed by atoms with Gasteiger partial charge in [0.25, 0.3) is 0 Å². The third kappa shape index (κ3) is 3.55. The summed E-state index contributed by atoms with van der Waals surface area (Å²) in [7, 11) is 0. The zero-order valence-corrected chi connectivity index (χ0v) is 13.5. The van der Waals surface area contributed by atoms with Crippen LogP contribution in [-0.4, -0.2) is 52.5 Å². The van der Waals surface area contributed by atoms with Crippen LogP contribution in [0.15, 0.2) is 30.3 Å². The molecule has 1 N–H and O–H groups in total.